The summed E-state index contributed by atoms with van der Waals surface area (Å²) in [6, 6.07) is 13.2. The monoisotopic (exact) mass is 335 g/mol. The Kier molecular flexibility index (Phi) is 4.14. The van der Waals surface area contributed by atoms with Crippen molar-refractivity contribution in [1.29, 1.82) is 0 Å². The number of pyridine rings is 1. The minimum absolute atomic E-state index is 0.221. The summed E-state index contributed by atoms with van der Waals surface area (Å²) < 4.78 is 13.9. The molecule has 0 aliphatic heterocycles. The Morgan fingerprint density at radius 3 is 2.84 bits per heavy atom. The lowest BCUT2D eigenvalue weighted by Crippen LogP contribution is -2.17. The Labute approximate surface area is 147 Å². The number of fused-ring (bicyclic) bond motifs is 4. The van der Waals surface area contributed by atoms with Crippen molar-refractivity contribution in [1.82, 2.24) is 9.88 Å². The Hall–Kier alpha value is -2.46. The van der Waals surface area contributed by atoms with Gasteiger partial charge in [-0.3, -0.25) is 0 Å². The van der Waals surface area contributed by atoms with Gasteiger partial charge in [0.25, 0.3) is 0 Å². The van der Waals surface area contributed by atoms with Gasteiger partial charge in [-0.05, 0) is 50.8 Å². The first kappa shape index (κ1) is 16.0. The molecule has 0 spiro atoms. The second kappa shape index (κ2) is 6.45. The third kappa shape index (κ3) is 2.98. The number of nitrogens with one attached hydrogen (secondary N) is 1. The van der Waals surface area contributed by atoms with E-state index in [1.165, 1.54) is 22.8 Å². The molecule has 1 aliphatic rings. The molecule has 25 heavy (non-hydrogen) atoms. The summed E-state index contributed by atoms with van der Waals surface area (Å²) in [6.07, 6.45) is 1.88. The fourth-order valence-corrected chi connectivity index (χ4v) is 3.58. The summed E-state index contributed by atoms with van der Waals surface area (Å²) in [7, 11) is 4.15. The molecular formula is C21H22FN3. The van der Waals surface area contributed by atoms with Gasteiger partial charge in [0.05, 0.1) is 11.2 Å². The van der Waals surface area contributed by atoms with E-state index in [0.717, 1.165) is 48.2 Å². The molecule has 1 aromatic heterocycles. The van der Waals surface area contributed by atoms with E-state index in [4.69, 9.17) is 4.98 Å². The molecule has 3 aromatic rings. The molecule has 0 saturated heterocycles. The van der Waals surface area contributed by atoms with E-state index in [1.807, 2.05) is 0 Å². The van der Waals surface area contributed by atoms with E-state index in [0.29, 0.717) is 0 Å². The first-order chi connectivity index (χ1) is 12.1. The number of hydrogen-bond acceptors (Lipinski definition) is 3. The average molecular weight is 335 g/mol. The van der Waals surface area contributed by atoms with Gasteiger partial charge in [0, 0.05) is 35.2 Å². The van der Waals surface area contributed by atoms with Crippen molar-refractivity contribution < 1.29 is 4.39 Å². The maximum Gasteiger partial charge on any atom is 0.124 e. The lowest BCUT2D eigenvalue weighted by Gasteiger charge is -2.16. The Morgan fingerprint density at radius 1 is 1.16 bits per heavy atom. The van der Waals surface area contributed by atoms with Crippen LogP contribution in [0.25, 0.3) is 22.2 Å². The topological polar surface area (TPSA) is 28.2 Å². The normalized spacial score (nSPS) is 12.5. The number of halogens is 1. The van der Waals surface area contributed by atoms with Crippen LogP contribution in [0, 0.1) is 5.82 Å². The van der Waals surface area contributed by atoms with Gasteiger partial charge in [-0.1, -0.05) is 24.3 Å². The Morgan fingerprint density at radius 2 is 2.00 bits per heavy atom. The van der Waals surface area contributed by atoms with Crippen LogP contribution in [0.4, 0.5) is 10.1 Å². The number of benzene rings is 2. The molecule has 4 heteroatoms. The predicted molar refractivity (Wildman–Crippen MR) is 102 cm³/mol. The highest BCUT2D eigenvalue weighted by molar-refractivity contribution is 5.98. The SMILES string of the molecule is CN(C)CCCNc1c2c(nc3ccc(F)cc13)-c1ccccc1C2. The molecule has 0 unspecified atom stereocenters. The van der Waals surface area contributed by atoms with Crippen molar-refractivity contribution in [2.75, 3.05) is 32.5 Å². The van der Waals surface area contributed by atoms with Crippen molar-refractivity contribution in [3.8, 4) is 11.3 Å². The van der Waals surface area contributed by atoms with Crippen molar-refractivity contribution in [3.05, 3.63) is 59.4 Å². The number of aromatic nitrogens is 1. The van der Waals surface area contributed by atoms with Gasteiger partial charge >= 0.3 is 0 Å². The van der Waals surface area contributed by atoms with E-state index in [-0.39, 0.29) is 5.82 Å². The fourth-order valence-electron chi connectivity index (χ4n) is 3.58. The first-order valence-corrected chi connectivity index (χ1v) is 8.72. The number of anilines is 1. The van der Waals surface area contributed by atoms with E-state index >= 15 is 0 Å². The van der Waals surface area contributed by atoms with Crippen LogP contribution >= 0.6 is 0 Å². The summed E-state index contributed by atoms with van der Waals surface area (Å²) in [5.41, 5.74) is 6.58. The number of rotatable bonds is 5. The van der Waals surface area contributed by atoms with E-state index in [2.05, 4.69) is 48.6 Å². The quantitative estimate of drug-likeness (QED) is 0.551. The average Bonchev–Trinajstić information content (AvgIpc) is 2.96. The third-order valence-electron chi connectivity index (χ3n) is 4.77. The minimum Gasteiger partial charge on any atom is -0.384 e. The molecule has 1 heterocycles. The predicted octanol–water partition coefficient (Wildman–Crippen LogP) is 4.31. The molecule has 0 fully saturated rings. The van der Waals surface area contributed by atoms with Gasteiger partial charge in [-0.15, -0.1) is 0 Å². The highest BCUT2D eigenvalue weighted by Gasteiger charge is 2.24. The van der Waals surface area contributed by atoms with Gasteiger partial charge in [0.2, 0.25) is 0 Å². The zero-order valence-electron chi connectivity index (χ0n) is 14.6. The third-order valence-corrected chi connectivity index (χ3v) is 4.77. The van der Waals surface area contributed by atoms with Gasteiger partial charge in [-0.25, -0.2) is 9.37 Å². The molecule has 4 rings (SSSR count). The van der Waals surface area contributed by atoms with Gasteiger partial charge in [0.15, 0.2) is 0 Å². The summed E-state index contributed by atoms with van der Waals surface area (Å²) in [5, 5.41) is 4.44. The molecule has 0 bridgehead atoms. The molecule has 0 atom stereocenters. The fraction of sp³-hybridized carbons (Fsp3) is 0.286. The maximum absolute atomic E-state index is 13.9. The van der Waals surface area contributed by atoms with Crippen LogP contribution in [-0.2, 0) is 6.42 Å². The molecule has 1 N–H and O–H groups in total. The second-order valence-corrected chi connectivity index (χ2v) is 6.89. The zero-order chi connectivity index (χ0) is 17.4. The molecule has 128 valence electrons. The van der Waals surface area contributed by atoms with Crippen LogP contribution in [0.5, 0.6) is 0 Å². The highest BCUT2D eigenvalue weighted by Crippen LogP contribution is 2.42. The molecular weight excluding hydrogens is 313 g/mol. The van der Waals surface area contributed by atoms with Gasteiger partial charge in [-0.2, -0.15) is 0 Å². The van der Waals surface area contributed by atoms with Crippen LogP contribution in [-0.4, -0.2) is 37.1 Å². The lowest BCUT2D eigenvalue weighted by atomic mass is 10.1. The molecule has 2 aromatic carbocycles. The summed E-state index contributed by atoms with van der Waals surface area (Å²) >= 11 is 0. The smallest absolute Gasteiger partial charge is 0.124 e. The number of nitrogens with zero attached hydrogens (tertiary/aromatic N) is 2. The maximum atomic E-state index is 13.9. The Balaban J connectivity index is 1.79. The van der Waals surface area contributed by atoms with Crippen molar-refractivity contribution in [3.63, 3.8) is 0 Å². The van der Waals surface area contributed by atoms with Crippen LogP contribution < -0.4 is 5.32 Å². The number of hydrogen-bond donors (Lipinski definition) is 1. The van der Waals surface area contributed by atoms with E-state index in [1.54, 1.807) is 12.1 Å². The van der Waals surface area contributed by atoms with Crippen molar-refractivity contribution >= 4 is 16.6 Å². The Bertz CT molecular complexity index is 934. The van der Waals surface area contributed by atoms with E-state index < -0.39 is 0 Å². The van der Waals surface area contributed by atoms with Crippen LogP contribution in [0.2, 0.25) is 0 Å². The van der Waals surface area contributed by atoms with Crippen LogP contribution in [0.3, 0.4) is 0 Å². The highest BCUT2D eigenvalue weighted by atomic mass is 19.1. The largest absolute Gasteiger partial charge is 0.384 e. The van der Waals surface area contributed by atoms with Crippen LogP contribution in [0.1, 0.15) is 17.5 Å². The minimum atomic E-state index is -0.221. The lowest BCUT2D eigenvalue weighted by molar-refractivity contribution is 0.405. The summed E-state index contributed by atoms with van der Waals surface area (Å²) in [4.78, 5) is 7.01. The standard InChI is InChI=1S/C21H22FN3/c1-25(2)11-5-10-23-20-17-13-15(22)8-9-19(17)24-21-16-7-4-3-6-14(16)12-18(20)21/h3-4,6-9,13H,5,10-12H2,1-2H3,(H,23,24). The van der Waals surface area contributed by atoms with Crippen LogP contribution in [0.15, 0.2) is 42.5 Å². The first-order valence-electron chi connectivity index (χ1n) is 8.72. The molecule has 0 radical (unpaired) electrons. The van der Waals surface area contributed by atoms with Gasteiger partial charge < -0.3 is 10.2 Å². The zero-order valence-corrected chi connectivity index (χ0v) is 14.6. The summed E-state index contributed by atoms with van der Waals surface area (Å²) in [6.45, 7) is 1.88. The molecule has 0 saturated carbocycles. The van der Waals surface area contributed by atoms with Crippen molar-refractivity contribution in [2.24, 2.45) is 0 Å². The van der Waals surface area contributed by atoms with Gasteiger partial charge in [0.1, 0.15) is 5.82 Å². The summed E-state index contributed by atoms with van der Waals surface area (Å²) in [5.74, 6) is -0.221. The molecule has 1 aliphatic carbocycles. The van der Waals surface area contributed by atoms with E-state index in [9.17, 15) is 4.39 Å². The molecule has 0 amide bonds. The van der Waals surface area contributed by atoms with Crippen molar-refractivity contribution in [2.45, 2.75) is 12.8 Å². The molecule has 3 nitrogen and oxygen atoms in total. The second-order valence-electron chi connectivity index (χ2n) is 6.89.